The Kier molecular flexibility index (Phi) is 3.94. The molecule has 0 saturated heterocycles. The van der Waals surface area contributed by atoms with Crippen LogP contribution in [0.4, 0.5) is 17.6 Å². The highest BCUT2D eigenvalue weighted by molar-refractivity contribution is 5.55. The number of hydrazine groups is 1. The molecule has 0 amide bonds. The molecule has 8 nitrogen and oxygen atoms in total. The molecule has 0 aliphatic rings. The van der Waals surface area contributed by atoms with Crippen LogP contribution in [0.25, 0.3) is 0 Å². The maximum atomic E-state index is 5.27. The summed E-state index contributed by atoms with van der Waals surface area (Å²) in [5, 5.41) is 3.01. The van der Waals surface area contributed by atoms with E-state index >= 15 is 0 Å². The minimum Gasteiger partial charge on any atom is -0.497 e. The zero-order valence-corrected chi connectivity index (χ0v) is 10.5. The van der Waals surface area contributed by atoms with Crippen molar-refractivity contribution in [2.75, 3.05) is 25.0 Å². The smallest absolute Gasteiger partial charge is 0.322 e. The largest absolute Gasteiger partial charge is 0.497 e. The second kappa shape index (κ2) is 5.83. The Morgan fingerprint density at radius 3 is 2.21 bits per heavy atom. The monoisotopic (exact) mass is 262 g/mol. The lowest BCUT2D eigenvalue weighted by Gasteiger charge is -2.08. The molecule has 0 spiro atoms. The first-order chi connectivity index (χ1) is 9.25. The molecule has 1 aromatic heterocycles. The quantitative estimate of drug-likeness (QED) is 0.539. The summed E-state index contributed by atoms with van der Waals surface area (Å²) < 4.78 is 10.0. The van der Waals surface area contributed by atoms with Crippen molar-refractivity contribution < 1.29 is 9.47 Å². The number of benzene rings is 1. The summed E-state index contributed by atoms with van der Waals surface area (Å²) in [7, 11) is 3.07. The van der Waals surface area contributed by atoms with Crippen molar-refractivity contribution in [1.82, 2.24) is 15.0 Å². The highest BCUT2D eigenvalue weighted by atomic mass is 16.5. The molecule has 1 aromatic carbocycles. The SMILES string of the molecule is COc1ccc(Nc2nc(NN)nc(OC)n2)cc1. The van der Waals surface area contributed by atoms with Crippen molar-refractivity contribution in [2.24, 2.45) is 5.84 Å². The molecule has 0 aliphatic heterocycles. The number of nitrogen functional groups attached to an aromatic ring is 1. The van der Waals surface area contributed by atoms with Crippen LogP contribution in [-0.2, 0) is 0 Å². The van der Waals surface area contributed by atoms with Crippen LogP contribution in [0.5, 0.6) is 11.8 Å². The van der Waals surface area contributed by atoms with E-state index in [2.05, 4.69) is 25.7 Å². The molecule has 1 heterocycles. The molecule has 2 aromatic rings. The minimum atomic E-state index is 0.166. The topological polar surface area (TPSA) is 107 Å². The Bertz CT molecular complexity index is 523. The van der Waals surface area contributed by atoms with Crippen molar-refractivity contribution in [3.05, 3.63) is 24.3 Å². The lowest BCUT2D eigenvalue weighted by molar-refractivity contribution is 0.379. The van der Waals surface area contributed by atoms with Crippen molar-refractivity contribution in [3.8, 4) is 11.8 Å². The third-order valence-electron chi connectivity index (χ3n) is 2.27. The van der Waals surface area contributed by atoms with Gasteiger partial charge in [-0.05, 0) is 24.3 Å². The fourth-order valence-electron chi connectivity index (χ4n) is 1.37. The van der Waals surface area contributed by atoms with E-state index in [0.29, 0.717) is 5.95 Å². The van der Waals surface area contributed by atoms with Gasteiger partial charge in [0.15, 0.2) is 0 Å². The molecule has 4 N–H and O–H groups in total. The van der Waals surface area contributed by atoms with Crippen molar-refractivity contribution >= 4 is 17.6 Å². The summed E-state index contributed by atoms with van der Waals surface area (Å²) in [6.07, 6.45) is 0. The molecule has 0 atom stereocenters. The number of nitrogens with zero attached hydrogens (tertiary/aromatic N) is 3. The van der Waals surface area contributed by atoms with Gasteiger partial charge in [0.05, 0.1) is 14.2 Å². The first-order valence-electron chi connectivity index (χ1n) is 5.43. The summed E-state index contributed by atoms with van der Waals surface area (Å²) in [5.41, 5.74) is 3.15. The molecule has 100 valence electrons. The van der Waals surface area contributed by atoms with Crippen molar-refractivity contribution in [1.29, 1.82) is 0 Å². The number of ether oxygens (including phenoxy) is 2. The van der Waals surface area contributed by atoms with Gasteiger partial charge >= 0.3 is 6.01 Å². The van der Waals surface area contributed by atoms with Crippen LogP contribution in [0.3, 0.4) is 0 Å². The van der Waals surface area contributed by atoms with Gasteiger partial charge in [-0.15, -0.1) is 0 Å². The molecule has 0 aliphatic carbocycles. The first kappa shape index (κ1) is 12.8. The van der Waals surface area contributed by atoms with Crippen LogP contribution in [0.15, 0.2) is 24.3 Å². The van der Waals surface area contributed by atoms with Crippen molar-refractivity contribution in [3.63, 3.8) is 0 Å². The molecule has 0 fully saturated rings. The Labute approximate surface area is 110 Å². The van der Waals surface area contributed by atoms with Gasteiger partial charge in [0.25, 0.3) is 0 Å². The number of hydrogen-bond acceptors (Lipinski definition) is 8. The van der Waals surface area contributed by atoms with Crippen LogP contribution < -0.4 is 26.1 Å². The second-order valence-electron chi connectivity index (χ2n) is 3.47. The minimum absolute atomic E-state index is 0.166. The fraction of sp³-hybridized carbons (Fsp3) is 0.182. The van der Waals surface area contributed by atoms with E-state index in [1.807, 2.05) is 24.3 Å². The lowest BCUT2D eigenvalue weighted by atomic mass is 10.3. The normalized spacial score (nSPS) is 9.84. The second-order valence-corrected chi connectivity index (χ2v) is 3.47. The molecule has 2 rings (SSSR count). The Balaban J connectivity index is 2.21. The number of nitrogens with one attached hydrogen (secondary N) is 2. The third kappa shape index (κ3) is 3.19. The van der Waals surface area contributed by atoms with Crippen LogP contribution in [0.2, 0.25) is 0 Å². The van der Waals surface area contributed by atoms with Gasteiger partial charge in [0.1, 0.15) is 5.75 Å². The first-order valence-corrected chi connectivity index (χ1v) is 5.43. The van der Waals surface area contributed by atoms with Gasteiger partial charge in [0, 0.05) is 5.69 Å². The Morgan fingerprint density at radius 2 is 1.63 bits per heavy atom. The van der Waals surface area contributed by atoms with Crippen LogP contribution in [0.1, 0.15) is 0 Å². The Morgan fingerprint density at radius 1 is 0.947 bits per heavy atom. The molecule has 0 bridgehead atoms. The molecular weight excluding hydrogens is 248 g/mol. The van der Waals surface area contributed by atoms with Gasteiger partial charge < -0.3 is 14.8 Å². The third-order valence-corrected chi connectivity index (χ3v) is 2.27. The number of methoxy groups -OCH3 is 2. The summed E-state index contributed by atoms with van der Waals surface area (Å²) in [5.74, 6) is 6.57. The Hall–Kier alpha value is -2.61. The molecule has 0 saturated carbocycles. The van der Waals surface area contributed by atoms with Gasteiger partial charge in [-0.1, -0.05) is 0 Å². The van der Waals surface area contributed by atoms with E-state index in [1.54, 1.807) is 7.11 Å². The predicted octanol–water partition coefficient (Wildman–Crippen LogP) is 0.918. The summed E-state index contributed by atoms with van der Waals surface area (Å²) in [4.78, 5) is 12.0. The standard InChI is InChI=1S/C11H14N6O2/c1-18-8-5-3-7(4-6-8)13-9-14-10(17-12)16-11(15-9)19-2/h3-6H,12H2,1-2H3,(H2,13,14,15,16,17). The lowest BCUT2D eigenvalue weighted by Crippen LogP contribution is -2.13. The molecule has 0 radical (unpaired) electrons. The zero-order valence-electron chi connectivity index (χ0n) is 10.5. The summed E-state index contributed by atoms with van der Waals surface area (Å²) in [6.45, 7) is 0. The van der Waals surface area contributed by atoms with Crippen LogP contribution >= 0.6 is 0 Å². The van der Waals surface area contributed by atoms with E-state index in [4.69, 9.17) is 15.3 Å². The van der Waals surface area contributed by atoms with Gasteiger partial charge in [-0.2, -0.15) is 15.0 Å². The summed E-state index contributed by atoms with van der Waals surface area (Å²) >= 11 is 0. The van der Waals surface area contributed by atoms with E-state index in [1.165, 1.54) is 7.11 Å². The molecular formula is C11H14N6O2. The van der Waals surface area contributed by atoms with Crippen LogP contribution in [0, 0.1) is 0 Å². The highest BCUT2D eigenvalue weighted by Gasteiger charge is 2.06. The average Bonchev–Trinajstić information content (AvgIpc) is 2.47. The van der Waals surface area contributed by atoms with E-state index in [-0.39, 0.29) is 12.0 Å². The molecule has 19 heavy (non-hydrogen) atoms. The molecule has 8 heteroatoms. The number of hydrogen-bond donors (Lipinski definition) is 3. The van der Waals surface area contributed by atoms with Crippen LogP contribution in [-0.4, -0.2) is 29.2 Å². The van der Waals surface area contributed by atoms with E-state index < -0.39 is 0 Å². The maximum Gasteiger partial charge on any atom is 0.322 e. The number of rotatable bonds is 5. The van der Waals surface area contributed by atoms with E-state index in [9.17, 15) is 0 Å². The van der Waals surface area contributed by atoms with Gasteiger partial charge in [-0.25, -0.2) is 5.84 Å². The summed E-state index contributed by atoms with van der Waals surface area (Å²) in [6, 6.07) is 7.49. The van der Waals surface area contributed by atoms with Crippen molar-refractivity contribution in [2.45, 2.75) is 0 Å². The zero-order chi connectivity index (χ0) is 13.7. The predicted molar refractivity (Wildman–Crippen MR) is 70.5 cm³/mol. The number of aromatic nitrogens is 3. The average molecular weight is 262 g/mol. The maximum absolute atomic E-state index is 5.27. The molecule has 0 unspecified atom stereocenters. The van der Waals surface area contributed by atoms with Gasteiger partial charge in [-0.3, -0.25) is 5.43 Å². The number of anilines is 3. The van der Waals surface area contributed by atoms with E-state index in [0.717, 1.165) is 11.4 Å². The fourth-order valence-corrected chi connectivity index (χ4v) is 1.37. The van der Waals surface area contributed by atoms with Gasteiger partial charge in [0.2, 0.25) is 11.9 Å². The number of nitrogens with two attached hydrogens (primary N) is 1. The highest BCUT2D eigenvalue weighted by Crippen LogP contribution is 2.19.